The fourth-order valence-electron chi connectivity index (χ4n) is 1.37. The van der Waals surface area contributed by atoms with Gasteiger partial charge in [-0.3, -0.25) is 4.79 Å². The van der Waals surface area contributed by atoms with Crippen LogP contribution in [0.4, 0.5) is 4.39 Å². The van der Waals surface area contributed by atoms with Crippen LogP contribution in [0.15, 0.2) is 17.0 Å². The standard InChI is InChI=1S/C10H11FO5S/c1-17(15,16)10-7(12)4-2-6(9(10)11)3-5-8(13)14/h2,4,12H,3,5H2,1H3,(H,13,14). The third-order valence-corrected chi connectivity index (χ3v) is 3.27. The molecule has 0 radical (unpaired) electrons. The van der Waals surface area contributed by atoms with Crippen LogP contribution in [0, 0.1) is 5.82 Å². The summed E-state index contributed by atoms with van der Waals surface area (Å²) in [4.78, 5) is 9.55. The highest BCUT2D eigenvalue weighted by atomic mass is 32.2. The van der Waals surface area contributed by atoms with Gasteiger partial charge in [-0.15, -0.1) is 0 Å². The summed E-state index contributed by atoms with van der Waals surface area (Å²) in [6.45, 7) is 0. The van der Waals surface area contributed by atoms with Gasteiger partial charge in [-0.05, 0) is 18.1 Å². The quantitative estimate of drug-likeness (QED) is 0.843. The zero-order chi connectivity index (χ0) is 13.2. The maximum Gasteiger partial charge on any atom is 0.303 e. The highest BCUT2D eigenvalue weighted by Gasteiger charge is 2.21. The number of rotatable bonds is 4. The normalized spacial score (nSPS) is 11.4. The van der Waals surface area contributed by atoms with E-state index in [4.69, 9.17) is 5.11 Å². The van der Waals surface area contributed by atoms with Crippen molar-refractivity contribution in [3.05, 3.63) is 23.5 Å². The molecule has 0 aliphatic rings. The molecule has 0 fully saturated rings. The van der Waals surface area contributed by atoms with E-state index >= 15 is 0 Å². The predicted molar refractivity (Wildman–Crippen MR) is 57.1 cm³/mol. The van der Waals surface area contributed by atoms with E-state index in [0.29, 0.717) is 0 Å². The lowest BCUT2D eigenvalue weighted by Gasteiger charge is -2.08. The summed E-state index contributed by atoms with van der Waals surface area (Å²) in [7, 11) is -3.90. The zero-order valence-corrected chi connectivity index (χ0v) is 9.79. The molecule has 0 saturated carbocycles. The molecule has 0 aromatic heterocycles. The molecule has 0 saturated heterocycles. The Morgan fingerprint density at radius 2 is 2.00 bits per heavy atom. The number of carbonyl (C=O) groups is 1. The highest BCUT2D eigenvalue weighted by Crippen LogP contribution is 2.28. The topological polar surface area (TPSA) is 91.7 Å². The van der Waals surface area contributed by atoms with Gasteiger partial charge in [0.25, 0.3) is 0 Å². The van der Waals surface area contributed by atoms with Crippen molar-refractivity contribution < 1.29 is 27.8 Å². The summed E-state index contributed by atoms with van der Waals surface area (Å²) in [6, 6.07) is 2.21. The molecule has 1 rings (SSSR count). The monoisotopic (exact) mass is 262 g/mol. The summed E-state index contributed by atoms with van der Waals surface area (Å²) in [5.74, 6) is -2.88. The first-order chi connectivity index (χ1) is 7.73. The average Bonchev–Trinajstić information content (AvgIpc) is 2.14. The number of phenols is 1. The molecule has 0 amide bonds. The van der Waals surface area contributed by atoms with E-state index in [1.165, 1.54) is 6.07 Å². The Hall–Kier alpha value is -1.63. The number of hydrogen-bond donors (Lipinski definition) is 2. The van der Waals surface area contributed by atoms with Crippen molar-refractivity contribution in [3.8, 4) is 5.75 Å². The van der Waals surface area contributed by atoms with Crippen molar-refractivity contribution >= 4 is 15.8 Å². The second kappa shape index (κ2) is 4.70. The van der Waals surface area contributed by atoms with E-state index in [1.807, 2.05) is 0 Å². The van der Waals surface area contributed by atoms with Gasteiger partial charge in [-0.25, -0.2) is 12.8 Å². The molecule has 17 heavy (non-hydrogen) atoms. The SMILES string of the molecule is CS(=O)(=O)c1c(O)ccc(CCC(=O)O)c1F. The van der Waals surface area contributed by atoms with Gasteiger partial charge in [-0.1, -0.05) is 6.07 Å². The first kappa shape index (κ1) is 13.4. The molecule has 1 aromatic rings. The van der Waals surface area contributed by atoms with Crippen molar-refractivity contribution in [2.75, 3.05) is 6.26 Å². The number of carboxylic acids is 1. The van der Waals surface area contributed by atoms with Gasteiger partial charge in [-0.2, -0.15) is 0 Å². The van der Waals surface area contributed by atoms with Crippen LogP contribution in [0.2, 0.25) is 0 Å². The van der Waals surface area contributed by atoms with Crippen LogP contribution in [-0.4, -0.2) is 30.9 Å². The van der Waals surface area contributed by atoms with Crippen molar-refractivity contribution in [1.82, 2.24) is 0 Å². The zero-order valence-electron chi connectivity index (χ0n) is 8.97. The third kappa shape index (κ3) is 3.16. The van der Waals surface area contributed by atoms with E-state index in [1.54, 1.807) is 0 Å². The van der Waals surface area contributed by atoms with E-state index in [0.717, 1.165) is 12.3 Å². The maximum absolute atomic E-state index is 13.7. The number of sulfone groups is 1. The highest BCUT2D eigenvalue weighted by molar-refractivity contribution is 7.90. The minimum Gasteiger partial charge on any atom is -0.506 e. The van der Waals surface area contributed by atoms with E-state index in [-0.39, 0.29) is 18.4 Å². The Morgan fingerprint density at radius 3 is 2.47 bits per heavy atom. The van der Waals surface area contributed by atoms with E-state index in [9.17, 15) is 22.7 Å². The molecule has 1 aromatic carbocycles. The van der Waals surface area contributed by atoms with Gasteiger partial charge < -0.3 is 10.2 Å². The van der Waals surface area contributed by atoms with Gasteiger partial charge in [0.15, 0.2) is 9.84 Å². The molecule has 0 aliphatic heterocycles. The molecule has 0 heterocycles. The van der Waals surface area contributed by atoms with Crippen LogP contribution in [0.5, 0.6) is 5.75 Å². The number of aliphatic carboxylic acids is 1. The molecule has 0 bridgehead atoms. The molecular formula is C10H11FO5S. The lowest BCUT2D eigenvalue weighted by Crippen LogP contribution is -2.06. The number of aromatic hydroxyl groups is 1. The van der Waals surface area contributed by atoms with Gasteiger partial charge in [0.2, 0.25) is 0 Å². The fourth-order valence-corrected chi connectivity index (χ4v) is 2.28. The van der Waals surface area contributed by atoms with Crippen LogP contribution in [0.1, 0.15) is 12.0 Å². The summed E-state index contributed by atoms with van der Waals surface area (Å²) in [6.07, 6.45) is 0.320. The molecule has 94 valence electrons. The number of benzene rings is 1. The van der Waals surface area contributed by atoms with Gasteiger partial charge in [0.05, 0.1) is 0 Å². The second-order valence-corrected chi connectivity index (χ2v) is 5.51. The van der Waals surface area contributed by atoms with Crippen LogP contribution in [0.25, 0.3) is 0 Å². The van der Waals surface area contributed by atoms with Gasteiger partial charge in [0.1, 0.15) is 16.5 Å². The first-order valence-electron chi connectivity index (χ1n) is 4.65. The lowest BCUT2D eigenvalue weighted by molar-refractivity contribution is -0.136. The van der Waals surface area contributed by atoms with Crippen molar-refractivity contribution in [2.45, 2.75) is 17.7 Å². The lowest BCUT2D eigenvalue weighted by atomic mass is 10.1. The van der Waals surface area contributed by atoms with Crippen LogP contribution >= 0.6 is 0 Å². The molecule has 0 unspecified atom stereocenters. The number of halogens is 1. The molecule has 0 atom stereocenters. The molecule has 2 N–H and O–H groups in total. The van der Waals surface area contributed by atoms with E-state index in [2.05, 4.69) is 0 Å². The molecule has 0 spiro atoms. The number of phenolic OH excluding ortho intramolecular Hbond substituents is 1. The number of hydrogen-bond acceptors (Lipinski definition) is 4. The van der Waals surface area contributed by atoms with Crippen LogP contribution < -0.4 is 0 Å². The molecule has 0 aliphatic carbocycles. The predicted octanol–water partition coefficient (Wildman–Crippen LogP) is 0.952. The van der Waals surface area contributed by atoms with Gasteiger partial charge in [0, 0.05) is 12.7 Å². The Labute approximate surface area is 97.4 Å². The second-order valence-electron chi connectivity index (χ2n) is 3.55. The molecular weight excluding hydrogens is 251 g/mol. The first-order valence-corrected chi connectivity index (χ1v) is 6.55. The smallest absolute Gasteiger partial charge is 0.303 e. The molecule has 5 nitrogen and oxygen atoms in total. The number of carboxylic acid groups (broad SMARTS) is 1. The third-order valence-electron chi connectivity index (χ3n) is 2.14. The Bertz CT molecular complexity index is 550. The average molecular weight is 262 g/mol. The fraction of sp³-hybridized carbons (Fsp3) is 0.300. The van der Waals surface area contributed by atoms with Crippen LogP contribution in [-0.2, 0) is 21.1 Å². The van der Waals surface area contributed by atoms with Crippen molar-refractivity contribution in [2.24, 2.45) is 0 Å². The maximum atomic E-state index is 13.7. The number of aryl methyl sites for hydroxylation is 1. The van der Waals surface area contributed by atoms with Crippen molar-refractivity contribution in [3.63, 3.8) is 0 Å². The van der Waals surface area contributed by atoms with E-state index < -0.39 is 32.3 Å². The van der Waals surface area contributed by atoms with Gasteiger partial charge >= 0.3 is 5.97 Å². The van der Waals surface area contributed by atoms with Crippen LogP contribution in [0.3, 0.4) is 0 Å². The minimum absolute atomic E-state index is 0.0503. The summed E-state index contributed by atoms with van der Waals surface area (Å²) in [5.41, 5.74) is -0.0503. The summed E-state index contributed by atoms with van der Waals surface area (Å²) < 4.78 is 36.2. The Kier molecular flexibility index (Phi) is 3.72. The largest absolute Gasteiger partial charge is 0.506 e. The summed E-state index contributed by atoms with van der Waals surface area (Å²) in [5, 5.41) is 17.8. The Balaban J connectivity index is 3.25. The Morgan fingerprint density at radius 1 is 1.41 bits per heavy atom. The minimum atomic E-state index is -3.90. The molecule has 7 heteroatoms. The summed E-state index contributed by atoms with van der Waals surface area (Å²) >= 11 is 0. The van der Waals surface area contributed by atoms with Crippen molar-refractivity contribution in [1.29, 1.82) is 0 Å².